The first-order valence-electron chi connectivity index (χ1n) is 23.2. The smallest absolute Gasteiger partial charge is 0.406 e. The average molecular weight is 978 g/mol. The first-order chi connectivity index (χ1) is 32.6. The quantitative estimate of drug-likeness (QED) is 0.131. The molecular weight excluding hydrogens is 916 g/mol. The van der Waals surface area contributed by atoms with Crippen LogP contribution in [0.3, 0.4) is 0 Å². The maximum absolute atomic E-state index is 14.7. The second-order valence-electron chi connectivity index (χ2n) is 19.4. The summed E-state index contributed by atoms with van der Waals surface area (Å²) >= 11 is 1.26. The van der Waals surface area contributed by atoms with Gasteiger partial charge in [0.1, 0.15) is 24.7 Å². The van der Waals surface area contributed by atoms with E-state index in [1.165, 1.54) is 50.9 Å². The topological polar surface area (TPSA) is 172 Å². The number of pyridine rings is 1. The van der Waals surface area contributed by atoms with Crippen LogP contribution in [0.25, 0.3) is 33.4 Å². The molecule has 3 aliphatic heterocycles. The van der Waals surface area contributed by atoms with E-state index in [1.54, 1.807) is 68.6 Å². The number of likely N-dealkylation sites (tertiary alicyclic amines) is 1. The standard InChI is InChI=1S/C49H62F3N9O7S/c1-10-40(62)59-20-17-31(24-59)57(7)47(66)58(8)42(28(2)3)44(63)55-36-22-39-54-37(25-69-39)30-15-16-38-33(21-30)34(23-48(5,6)27-68-46(65)35-14-12-19-61(56-35)45(36)64)43(60(38)26-49(50,51)52)32-13-11-18-53-41(32)29(4)67-9/h10-11,13,15-16,18,21,25,28-29,31,35-36,42,56H,1,12,14,17,19-20,22-24,26-27H2,2-9H3,(H,55,63)/t29-,31+,35-,36-,42-/m0/s1. The average Bonchev–Trinajstić information content (AvgIpc) is 4.07. The molecule has 372 valence electrons. The molecule has 6 heterocycles. The van der Waals surface area contributed by atoms with Crippen molar-refractivity contribution in [3.8, 4) is 22.5 Å². The van der Waals surface area contributed by atoms with E-state index in [2.05, 4.69) is 22.3 Å². The summed E-state index contributed by atoms with van der Waals surface area (Å²) in [6.07, 6.45) is -0.855. The van der Waals surface area contributed by atoms with Gasteiger partial charge in [0.05, 0.1) is 40.8 Å². The number of ether oxygens (including phenoxy) is 2. The SMILES string of the molecule is C=CC(=O)N1CC[C@@H](N(C)C(=O)N(C)[C@H](C(=O)N[C@H]2Cc3nc(cs3)-c3ccc4c(c3)c(c(-c3cccnc3[C@H](C)OC)n4CC(F)(F)F)CC(C)(C)COC(=O)[C@@H]3CCCN(N3)C2=O)C(C)C)C1. The summed E-state index contributed by atoms with van der Waals surface area (Å²) in [6.45, 7) is 12.3. The molecule has 20 heteroatoms. The summed E-state index contributed by atoms with van der Waals surface area (Å²) in [5.74, 6) is -2.33. The van der Waals surface area contributed by atoms with E-state index < -0.39 is 72.1 Å². The van der Waals surface area contributed by atoms with Gasteiger partial charge in [-0.05, 0) is 74.4 Å². The number of hydrogen-bond donors (Lipinski definition) is 2. The number of cyclic esters (lactones) is 1. The third-order valence-corrected chi connectivity index (χ3v) is 14.2. The lowest BCUT2D eigenvalue weighted by Crippen LogP contribution is -2.62. The number of aromatic nitrogens is 3. The number of benzene rings is 1. The Labute approximate surface area is 404 Å². The molecule has 0 aliphatic carbocycles. The summed E-state index contributed by atoms with van der Waals surface area (Å²) < 4.78 is 56.9. The molecular formula is C49H62F3N9O7S. The zero-order valence-corrected chi connectivity index (χ0v) is 41.2. The van der Waals surface area contributed by atoms with Gasteiger partial charge in [0.2, 0.25) is 11.8 Å². The number of alkyl halides is 3. The molecule has 7 rings (SSSR count). The van der Waals surface area contributed by atoms with E-state index >= 15 is 0 Å². The molecule has 5 atom stereocenters. The molecule has 5 amide bonds. The summed E-state index contributed by atoms with van der Waals surface area (Å²) in [7, 11) is 4.68. The summed E-state index contributed by atoms with van der Waals surface area (Å²) in [5, 5.41) is 7.10. The second-order valence-corrected chi connectivity index (χ2v) is 20.3. The molecule has 2 fully saturated rings. The van der Waals surface area contributed by atoms with Gasteiger partial charge in [0.25, 0.3) is 5.91 Å². The van der Waals surface area contributed by atoms with E-state index in [-0.39, 0.29) is 37.9 Å². The highest BCUT2D eigenvalue weighted by Gasteiger charge is 2.40. The number of rotatable bonds is 10. The van der Waals surface area contributed by atoms with Gasteiger partial charge in [0.15, 0.2) is 0 Å². The number of methoxy groups -OCH3 is 1. The van der Waals surface area contributed by atoms with Gasteiger partial charge in [0, 0.05) is 86.3 Å². The van der Waals surface area contributed by atoms with Crippen LogP contribution in [0.4, 0.5) is 18.0 Å². The van der Waals surface area contributed by atoms with Crippen LogP contribution >= 0.6 is 11.3 Å². The number of hydrazine groups is 1. The van der Waals surface area contributed by atoms with Gasteiger partial charge in [-0.1, -0.05) is 40.3 Å². The lowest BCUT2D eigenvalue weighted by molar-refractivity contribution is -0.155. The van der Waals surface area contributed by atoms with E-state index in [0.717, 1.165) is 0 Å². The van der Waals surface area contributed by atoms with Crippen molar-refractivity contribution >= 4 is 52.0 Å². The largest absolute Gasteiger partial charge is 0.464 e. The lowest BCUT2D eigenvalue weighted by Gasteiger charge is -2.37. The van der Waals surface area contributed by atoms with Crippen LogP contribution in [-0.4, -0.2) is 142 Å². The summed E-state index contributed by atoms with van der Waals surface area (Å²) in [6, 6.07) is 4.76. The van der Waals surface area contributed by atoms with Crippen molar-refractivity contribution in [1.82, 2.24) is 45.0 Å². The number of halogens is 3. The van der Waals surface area contributed by atoms with Crippen molar-refractivity contribution in [1.29, 1.82) is 0 Å². The molecule has 6 bridgehead atoms. The van der Waals surface area contributed by atoms with Crippen LogP contribution in [0.15, 0.2) is 54.6 Å². The Kier molecular flexibility index (Phi) is 15.2. The molecule has 16 nitrogen and oxygen atoms in total. The predicted molar refractivity (Wildman–Crippen MR) is 254 cm³/mol. The summed E-state index contributed by atoms with van der Waals surface area (Å²) in [5.41, 5.74) is 5.55. The van der Waals surface area contributed by atoms with Crippen LogP contribution in [-0.2, 0) is 48.0 Å². The third-order valence-electron chi connectivity index (χ3n) is 13.3. The van der Waals surface area contributed by atoms with E-state index in [9.17, 15) is 37.1 Å². The van der Waals surface area contributed by atoms with Gasteiger partial charge < -0.3 is 34.1 Å². The monoisotopic (exact) mass is 977 g/mol. The minimum Gasteiger partial charge on any atom is -0.464 e. The molecule has 2 N–H and O–H groups in total. The van der Waals surface area contributed by atoms with E-state index in [1.807, 2.05) is 19.9 Å². The van der Waals surface area contributed by atoms with E-state index in [0.29, 0.717) is 82.0 Å². The molecule has 0 unspecified atom stereocenters. The minimum absolute atomic E-state index is 0.0601. The van der Waals surface area contributed by atoms with Crippen molar-refractivity contribution in [3.05, 3.63) is 70.8 Å². The second kappa shape index (κ2) is 20.6. The highest BCUT2D eigenvalue weighted by Crippen LogP contribution is 2.43. The Morgan fingerprint density at radius 1 is 1.13 bits per heavy atom. The number of fused-ring (bicyclic) bond motifs is 6. The van der Waals surface area contributed by atoms with Crippen molar-refractivity contribution < 1.29 is 46.6 Å². The van der Waals surface area contributed by atoms with Crippen molar-refractivity contribution in [3.63, 3.8) is 0 Å². The number of urea groups is 1. The predicted octanol–water partition coefficient (Wildman–Crippen LogP) is 6.54. The summed E-state index contributed by atoms with van der Waals surface area (Å²) in [4.78, 5) is 83.3. The number of nitrogens with one attached hydrogen (secondary N) is 2. The van der Waals surface area contributed by atoms with Crippen molar-refractivity contribution in [2.45, 2.75) is 110 Å². The maximum Gasteiger partial charge on any atom is 0.406 e. The van der Waals surface area contributed by atoms with Crippen molar-refractivity contribution in [2.75, 3.05) is 47.4 Å². The molecule has 1 aromatic carbocycles. The molecule has 3 aromatic heterocycles. The fourth-order valence-electron chi connectivity index (χ4n) is 9.67. The number of likely N-dealkylation sites (N-methyl/N-ethyl adjacent to an activating group) is 2. The fourth-order valence-corrected chi connectivity index (χ4v) is 10.5. The van der Waals surface area contributed by atoms with E-state index in [4.69, 9.17) is 14.5 Å². The van der Waals surface area contributed by atoms with Gasteiger partial charge in [-0.2, -0.15) is 13.2 Å². The molecule has 69 heavy (non-hydrogen) atoms. The Morgan fingerprint density at radius 2 is 1.88 bits per heavy atom. The first kappa shape index (κ1) is 51.0. The first-order valence-corrected chi connectivity index (χ1v) is 24.1. The van der Waals surface area contributed by atoms with Crippen molar-refractivity contribution in [2.24, 2.45) is 11.3 Å². The van der Waals surface area contributed by atoms with Gasteiger partial charge >= 0.3 is 18.2 Å². The molecule has 0 radical (unpaired) electrons. The van der Waals surface area contributed by atoms with Crippen LogP contribution < -0.4 is 10.7 Å². The van der Waals surface area contributed by atoms with Gasteiger partial charge in [-0.25, -0.2) is 15.2 Å². The molecule has 2 saturated heterocycles. The zero-order valence-electron chi connectivity index (χ0n) is 40.4. The molecule has 0 saturated carbocycles. The normalized spacial score (nSPS) is 20.8. The number of nitrogens with zero attached hydrogens (tertiary/aromatic N) is 7. The van der Waals surface area contributed by atoms with Crippen LogP contribution in [0.5, 0.6) is 0 Å². The Balaban J connectivity index is 1.28. The Bertz CT molecular complexity index is 2600. The number of carbonyl (C=O) groups excluding carboxylic acids is 5. The molecule has 4 aromatic rings. The fraction of sp³-hybridized carbons (Fsp3) is 0.531. The van der Waals surface area contributed by atoms with Crippen LogP contribution in [0, 0.1) is 11.3 Å². The molecule has 3 aliphatic rings. The number of esters is 1. The number of hydrogen-bond acceptors (Lipinski definition) is 11. The number of thiazole rings is 1. The zero-order chi connectivity index (χ0) is 50.1. The van der Waals surface area contributed by atoms with Gasteiger partial charge in [-0.15, -0.1) is 11.3 Å². The lowest BCUT2D eigenvalue weighted by atomic mass is 9.84. The van der Waals surface area contributed by atoms with Crippen LogP contribution in [0.1, 0.15) is 76.3 Å². The van der Waals surface area contributed by atoms with Crippen LogP contribution in [0.2, 0.25) is 0 Å². The number of carbonyl (C=O) groups is 5. The Hall–Kier alpha value is -5.86. The number of amides is 5. The van der Waals surface area contributed by atoms with Gasteiger partial charge in [-0.3, -0.25) is 29.2 Å². The minimum atomic E-state index is -4.60. The maximum atomic E-state index is 14.7. The highest BCUT2D eigenvalue weighted by molar-refractivity contribution is 7.10. The highest BCUT2D eigenvalue weighted by atomic mass is 32.1. The molecule has 0 spiro atoms. The third kappa shape index (κ3) is 11.1. The Morgan fingerprint density at radius 3 is 2.58 bits per heavy atom.